The van der Waals surface area contributed by atoms with Gasteiger partial charge in [-0.1, -0.05) is 30.3 Å². The Hall–Kier alpha value is -1.06. The summed E-state index contributed by atoms with van der Waals surface area (Å²) in [5.74, 6) is 0.0439. The highest BCUT2D eigenvalue weighted by molar-refractivity contribution is 5.85. The van der Waals surface area contributed by atoms with E-state index in [1.807, 2.05) is 30.3 Å². The standard InChI is InChI=1S/C11H13NO2.ClH/c1-12-7-8-14-10(11(12)13)9-5-3-2-4-6-9;/h2-6,10H,7-8H2,1H3;1H. The van der Waals surface area contributed by atoms with Crippen LogP contribution in [0.5, 0.6) is 0 Å². The molecular formula is C11H14ClNO2. The molecule has 1 unspecified atom stereocenters. The Kier molecular flexibility index (Phi) is 4.12. The monoisotopic (exact) mass is 227 g/mol. The van der Waals surface area contributed by atoms with E-state index in [1.54, 1.807) is 11.9 Å². The van der Waals surface area contributed by atoms with Gasteiger partial charge in [0, 0.05) is 13.6 Å². The van der Waals surface area contributed by atoms with E-state index in [0.29, 0.717) is 13.2 Å². The van der Waals surface area contributed by atoms with Crippen LogP contribution in [-0.2, 0) is 9.53 Å². The second-order valence-electron chi connectivity index (χ2n) is 3.42. The SMILES string of the molecule is CN1CCOC(c2ccccc2)C1=O.Cl. The molecule has 1 aromatic carbocycles. The van der Waals surface area contributed by atoms with Gasteiger partial charge in [0.2, 0.25) is 0 Å². The lowest BCUT2D eigenvalue weighted by atomic mass is 10.1. The number of hydrogen-bond donors (Lipinski definition) is 0. The fraction of sp³-hybridized carbons (Fsp3) is 0.364. The van der Waals surface area contributed by atoms with E-state index < -0.39 is 6.10 Å². The lowest BCUT2D eigenvalue weighted by Crippen LogP contribution is -2.40. The molecule has 0 spiro atoms. The van der Waals surface area contributed by atoms with Crippen molar-refractivity contribution in [2.45, 2.75) is 6.10 Å². The zero-order chi connectivity index (χ0) is 9.97. The van der Waals surface area contributed by atoms with E-state index in [0.717, 1.165) is 5.56 Å². The predicted octanol–water partition coefficient (Wildman–Crippen LogP) is 1.64. The van der Waals surface area contributed by atoms with Crippen LogP contribution in [0.25, 0.3) is 0 Å². The fourth-order valence-corrected chi connectivity index (χ4v) is 1.56. The third kappa shape index (κ3) is 2.49. The maximum atomic E-state index is 11.7. The summed E-state index contributed by atoms with van der Waals surface area (Å²) in [7, 11) is 1.81. The van der Waals surface area contributed by atoms with Crippen LogP contribution in [0, 0.1) is 0 Å². The Morgan fingerprint density at radius 2 is 2.00 bits per heavy atom. The highest BCUT2D eigenvalue weighted by Crippen LogP contribution is 2.22. The molecule has 0 saturated carbocycles. The van der Waals surface area contributed by atoms with E-state index >= 15 is 0 Å². The summed E-state index contributed by atoms with van der Waals surface area (Å²) >= 11 is 0. The fourth-order valence-electron chi connectivity index (χ4n) is 1.56. The van der Waals surface area contributed by atoms with Gasteiger partial charge in [-0.15, -0.1) is 12.4 Å². The average molecular weight is 228 g/mol. The molecule has 0 bridgehead atoms. The molecule has 2 rings (SSSR count). The van der Waals surface area contributed by atoms with Crippen molar-refractivity contribution in [2.24, 2.45) is 0 Å². The summed E-state index contributed by atoms with van der Waals surface area (Å²) in [5, 5.41) is 0. The van der Waals surface area contributed by atoms with Crippen LogP contribution in [0.2, 0.25) is 0 Å². The van der Waals surface area contributed by atoms with E-state index in [2.05, 4.69) is 0 Å². The Balaban J connectivity index is 0.00000112. The third-order valence-corrected chi connectivity index (χ3v) is 2.41. The number of ether oxygens (including phenoxy) is 1. The van der Waals surface area contributed by atoms with Crippen LogP contribution >= 0.6 is 12.4 Å². The second kappa shape index (κ2) is 5.14. The van der Waals surface area contributed by atoms with Gasteiger partial charge in [-0.25, -0.2) is 0 Å². The van der Waals surface area contributed by atoms with Gasteiger partial charge < -0.3 is 9.64 Å². The number of halogens is 1. The largest absolute Gasteiger partial charge is 0.362 e. The third-order valence-electron chi connectivity index (χ3n) is 2.41. The van der Waals surface area contributed by atoms with Gasteiger partial charge in [-0.3, -0.25) is 4.79 Å². The second-order valence-corrected chi connectivity index (χ2v) is 3.42. The summed E-state index contributed by atoms with van der Waals surface area (Å²) in [6.07, 6.45) is -0.407. The number of hydrogen-bond acceptors (Lipinski definition) is 2. The molecule has 0 aliphatic carbocycles. The Morgan fingerprint density at radius 3 is 2.67 bits per heavy atom. The topological polar surface area (TPSA) is 29.5 Å². The van der Waals surface area contributed by atoms with Crippen LogP contribution in [-0.4, -0.2) is 31.0 Å². The Bertz CT molecular complexity index is 329. The number of amides is 1. The highest BCUT2D eigenvalue weighted by Gasteiger charge is 2.28. The molecule has 1 fully saturated rings. The van der Waals surface area contributed by atoms with Crippen molar-refractivity contribution in [3.05, 3.63) is 35.9 Å². The zero-order valence-corrected chi connectivity index (χ0v) is 9.37. The van der Waals surface area contributed by atoms with E-state index in [9.17, 15) is 4.79 Å². The Morgan fingerprint density at radius 1 is 1.33 bits per heavy atom. The van der Waals surface area contributed by atoms with Crippen molar-refractivity contribution in [2.75, 3.05) is 20.2 Å². The first kappa shape index (κ1) is 12.0. The minimum Gasteiger partial charge on any atom is -0.362 e. The number of nitrogens with zero attached hydrogens (tertiary/aromatic N) is 1. The number of carbonyl (C=O) groups is 1. The van der Waals surface area contributed by atoms with Crippen molar-refractivity contribution in [3.63, 3.8) is 0 Å². The van der Waals surface area contributed by atoms with Crippen molar-refractivity contribution in [1.82, 2.24) is 4.90 Å². The van der Waals surface area contributed by atoms with Crippen LogP contribution < -0.4 is 0 Å². The molecule has 1 aliphatic rings. The van der Waals surface area contributed by atoms with E-state index in [1.165, 1.54) is 0 Å². The first-order chi connectivity index (χ1) is 6.79. The maximum Gasteiger partial charge on any atom is 0.256 e. The molecule has 0 radical (unpaired) electrons. The maximum absolute atomic E-state index is 11.7. The minimum absolute atomic E-state index is 0. The molecule has 1 saturated heterocycles. The molecule has 3 nitrogen and oxygen atoms in total. The van der Waals surface area contributed by atoms with Gasteiger partial charge in [0.15, 0.2) is 6.10 Å². The van der Waals surface area contributed by atoms with Gasteiger partial charge in [-0.2, -0.15) is 0 Å². The zero-order valence-electron chi connectivity index (χ0n) is 8.55. The van der Waals surface area contributed by atoms with Crippen molar-refractivity contribution in [1.29, 1.82) is 0 Å². The molecule has 1 atom stereocenters. The van der Waals surface area contributed by atoms with Crippen molar-refractivity contribution in [3.8, 4) is 0 Å². The van der Waals surface area contributed by atoms with E-state index in [-0.39, 0.29) is 18.3 Å². The molecule has 4 heteroatoms. The summed E-state index contributed by atoms with van der Waals surface area (Å²) in [6, 6.07) is 9.60. The lowest BCUT2D eigenvalue weighted by Gasteiger charge is -2.29. The molecule has 0 N–H and O–H groups in total. The highest BCUT2D eigenvalue weighted by atomic mass is 35.5. The smallest absolute Gasteiger partial charge is 0.256 e. The first-order valence-electron chi connectivity index (χ1n) is 4.70. The van der Waals surface area contributed by atoms with E-state index in [4.69, 9.17) is 4.74 Å². The van der Waals surface area contributed by atoms with Gasteiger partial charge in [0.05, 0.1) is 6.61 Å². The van der Waals surface area contributed by atoms with Gasteiger partial charge >= 0.3 is 0 Å². The summed E-state index contributed by atoms with van der Waals surface area (Å²) in [5.41, 5.74) is 0.934. The molecule has 1 heterocycles. The first-order valence-corrected chi connectivity index (χ1v) is 4.70. The van der Waals surface area contributed by atoms with Gasteiger partial charge in [-0.05, 0) is 5.56 Å². The number of rotatable bonds is 1. The quantitative estimate of drug-likeness (QED) is 0.730. The van der Waals surface area contributed by atoms with Crippen LogP contribution in [0.4, 0.5) is 0 Å². The van der Waals surface area contributed by atoms with Crippen LogP contribution in [0.3, 0.4) is 0 Å². The molecule has 1 aliphatic heterocycles. The Labute approximate surface area is 95.4 Å². The van der Waals surface area contributed by atoms with Gasteiger partial charge in [0.1, 0.15) is 0 Å². The predicted molar refractivity (Wildman–Crippen MR) is 60.0 cm³/mol. The molecule has 15 heavy (non-hydrogen) atoms. The summed E-state index contributed by atoms with van der Waals surface area (Å²) < 4.78 is 5.46. The normalized spacial score (nSPS) is 21.0. The number of benzene rings is 1. The molecule has 1 aromatic rings. The summed E-state index contributed by atoms with van der Waals surface area (Å²) in [4.78, 5) is 13.4. The minimum atomic E-state index is -0.407. The number of likely N-dealkylation sites (N-methyl/N-ethyl adjacent to an activating group) is 1. The van der Waals surface area contributed by atoms with Crippen molar-refractivity contribution >= 4 is 18.3 Å². The van der Waals surface area contributed by atoms with Gasteiger partial charge in [0.25, 0.3) is 5.91 Å². The average Bonchev–Trinajstić information content (AvgIpc) is 2.23. The molecule has 0 aromatic heterocycles. The van der Waals surface area contributed by atoms with Crippen LogP contribution in [0.15, 0.2) is 30.3 Å². The number of morpholine rings is 1. The van der Waals surface area contributed by atoms with Crippen molar-refractivity contribution < 1.29 is 9.53 Å². The van der Waals surface area contributed by atoms with Crippen LogP contribution in [0.1, 0.15) is 11.7 Å². The molecular weight excluding hydrogens is 214 g/mol. The molecule has 82 valence electrons. The lowest BCUT2D eigenvalue weighted by molar-refractivity contribution is -0.151. The molecule has 1 amide bonds. The summed E-state index contributed by atoms with van der Waals surface area (Å²) in [6.45, 7) is 1.30. The number of carbonyl (C=O) groups excluding carboxylic acids is 1.